The summed E-state index contributed by atoms with van der Waals surface area (Å²) in [6.07, 6.45) is 2.93. The van der Waals surface area contributed by atoms with E-state index in [0.29, 0.717) is 17.9 Å². The first-order valence-electron chi connectivity index (χ1n) is 8.35. The molecule has 3 rings (SSSR count). The van der Waals surface area contributed by atoms with Gasteiger partial charge in [0.15, 0.2) is 0 Å². The number of benzene rings is 2. The van der Waals surface area contributed by atoms with Gasteiger partial charge in [0.25, 0.3) is 0 Å². The van der Waals surface area contributed by atoms with Crippen molar-refractivity contribution < 1.29 is 14.3 Å². The van der Waals surface area contributed by atoms with E-state index in [0.717, 1.165) is 24.8 Å². The van der Waals surface area contributed by atoms with Gasteiger partial charge in [-0.25, -0.2) is 4.79 Å². The predicted molar refractivity (Wildman–Crippen MR) is 93.1 cm³/mol. The van der Waals surface area contributed by atoms with Crippen LogP contribution in [0.25, 0.3) is 0 Å². The molecule has 1 N–H and O–H groups in total. The van der Waals surface area contributed by atoms with Crippen LogP contribution in [0.4, 0.5) is 5.69 Å². The Bertz CT molecular complexity index is 737. The second-order valence-corrected chi connectivity index (χ2v) is 5.93. The summed E-state index contributed by atoms with van der Waals surface area (Å²) in [5.41, 5.74) is 3.57. The summed E-state index contributed by atoms with van der Waals surface area (Å²) in [4.78, 5) is 24.3. The van der Waals surface area contributed by atoms with Gasteiger partial charge >= 0.3 is 5.97 Å². The molecule has 0 fully saturated rings. The monoisotopic (exact) mass is 323 g/mol. The maximum absolute atomic E-state index is 12.6. The van der Waals surface area contributed by atoms with Gasteiger partial charge in [-0.2, -0.15) is 0 Å². The average molecular weight is 323 g/mol. The number of esters is 1. The molecule has 4 nitrogen and oxygen atoms in total. The number of fused-ring (bicyclic) bond motifs is 1. The minimum atomic E-state index is -0.350. The van der Waals surface area contributed by atoms with Crippen LogP contribution in [0.1, 0.15) is 47.2 Å². The second kappa shape index (κ2) is 7.30. The lowest BCUT2D eigenvalue weighted by Crippen LogP contribution is -2.24. The Morgan fingerprint density at radius 3 is 2.62 bits per heavy atom. The second-order valence-electron chi connectivity index (χ2n) is 5.93. The van der Waals surface area contributed by atoms with Crippen LogP contribution in [0.5, 0.6) is 0 Å². The Morgan fingerprint density at radius 2 is 1.88 bits per heavy atom. The predicted octanol–water partition coefficient (Wildman–Crippen LogP) is 3.92. The highest BCUT2D eigenvalue weighted by atomic mass is 16.5. The fourth-order valence-corrected chi connectivity index (χ4v) is 3.16. The number of aryl methyl sites for hydroxylation is 1. The van der Waals surface area contributed by atoms with Crippen molar-refractivity contribution >= 4 is 17.6 Å². The number of carbonyl (C=O) groups excluding carboxylic acids is 2. The molecule has 1 atom stereocenters. The molecule has 2 aromatic rings. The number of anilines is 1. The smallest absolute Gasteiger partial charge is 0.338 e. The van der Waals surface area contributed by atoms with Crippen LogP contribution < -0.4 is 5.32 Å². The lowest BCUT2D eigenvalue weighted by atomic mass is 9.82. The number of ether oxygens (including phenoxy) is 1. The van der Waals surface area contributed by atoms with Crippen molar-refractivity contribution in [1.82, 2.24) is 0 Å². The molecule has 1 amide bonds. The molecule has 0 bridgehead atoms. The molecule has 4 heteroatoms. The summed E-state index contributed by atoms with van der Waals surface area (Å²) in [5.74, 6) is -0.456. The average Bonchev–Trinajstić information content (AvgIpc) is 2.62. The van der Waals surface area contributed by atoms with Gasteiger partial charge in [-0.1, -0.05) is 24.3 Å². The highest BCUT2D eigenvalue weighted by Gasteiger charge is 2.26. The zero-order valence-corrected chi connectivity index (χ0v) is 13.7. The van der Waals surface area contributed by atoms with Crippen LogP contribution in [0.2, 0.25) is 0 Å². The van der Waals surface area contributed by atoms with E-state index in [9.17, 15) is 9.59 Å². The van der Waals surface area contributed by atoms with Gasteiger partial charge in [0.05, 0.1) is 18.1 Å². The number of carbonyl (C=O) groups is 2. The van der Waals surface area contributed by atoms with E-state index < -0.39 is 0 Å². The van der Waals surface area contributed by atoms with Crippen molar-refractivity contribution in [3.05, 3.63) is 65.2 Å². The van der Waals surface area contributed by atoms with Crippen LogP contribution in [0.15, 0.2) is 48.5 Å². The third-order valence-electron chi connectivity index (χ3n) is 4.35. The molecule has 0 aliphatic heterocycles. The summed E-state index contributed by atoms with van der Waals surface area (Å²) in [7, 11) is 0. The van der Waals surface area contributed by atoms with E-state index in [1.165, 1.54) is 5.56 Å². The summed E-state index contributed by atoms with van der Waals surface area (Å²) >= 11 is 0. The number of amides is 1. The Labute approximate surface area is 141 Å². The molecule has 0 spiro atoms. The Hall–Kier alpha value is -2.62. The molecule has 124 valence electrons. The van der Waals surface area contributed by atoms with Crippen molar-refractivity contribution in [2.45, 2.75) is 32.1 Å². The number of rotatable bonds is 4. The van der Waals surface area contributed by atoms with Crippen molar-refractivity contribution in [3.63, 3.8) is 0 Å². The Morgan fingerprint density at radius 1 is 1.12 bits per heavy atom. The number of hydrogen-bond acceptors (Lipinski definition) is 3. The minimum absolute atomic E-state index is 0.00559. The van der Waals surface area contributed by atoms with Crippen LogP contribution in [-0.4, -0.2) is 18.5 Å². The zero-order valence-electron chi connectivity index (χ0n) is 13.7. The minimum Gasteiger partial charge on any atom is -0.462 e. The van der Waals surface area contributed by atoms with Crippen LogP contribution >= 0.6 is 0 Å². The molecule has 1 unspecified atom stereocenters. The molecule has 2 aromatic carbocycles. The Kier molecular flexibility index (Phi) is 4.94. The van der Waals surface area contributed by atoms with E-state index in [1.54, 1.807) is 31.2 Å². The van der Waals surface area contributed by atoms with Gasteiger partial charge in [0.1, 0.15) is 0 Å². The maximum atomic E-state index is 12.6. The fourth-order valence-electron chi connectivity index (χ4n) is 3.16. The van der Waals surface area contributed by atoms with E-state index in [4.69, 9.17) is 4.74 Å². The van der Waals surface area contributed by atoms with Crippen LogP contribution in [0, 0.1) is 0 Å². The number of nitrogens with one attached hydrogen (secondary N) is 1. The van der Waals surface area contributed by atoms with Crippen molar-refractivity contribution in [1.29, 1.82) is 0 Å². The third kappa shape index (κ3) is 3.48. The molecule has 24 heavy (non-hydrogen) atoms. The topological polar surface area (TPSA) is 55.4 Å². The molecular weight excluding hydrogens is 302 g/mol. The van der Waals surface area contributed by atoms with E-state index >= 15 is 0 Å². The highest BCUT2D eigenvalue weighted by molar-refractivity contribution is 5.97. The van der Waals surface area contributed by atoms with Crippen molar-refractivity contribution in [3.8, 4) is 0 Å². The first kappa shape index (κ1) is 16.2. The normalized spacial score (nSPS) is 16.1. The van der Waals surface area contributed by atoms with Gasteiger partial charge in [-0.15, -0.1) is 0 Å². The quantitative estimate of drug-likeness (QED) is 0.868. The van der Waals surface area contributed by atoms with Gasteiger partial charge in [0, 0.05) is 5.69 Å². The fraction of sp³-hybridized carbons (Fsp3) is 0.300. The first-order valence-corrected chi connectivity index (χ1v) is 8.35. The molecule has 0 radical (unpaired) electrons. The lowest BCUT2D eigenvalue weighted by molar-refractivity contribution is -0.117. The van der Waals surface area contributed by atoms with Gasteiger partial charge in [-0.3, -0.25) is 4.79 Å². The number of hydrogen-bond donors (Lipinski definition) is 1. The van der Waals surface area contributed by atoms with Gasteiger partial charge in [-0.05, 0) is 61.6 Å². The summed E-state index contributed by atoms with van der Waals surface area (Å²) in [6, 6.07) is 15.0. The first-order chi connectivity index (χ1) is 11.7. The SMILES string of the molecule is CCOC(=O)c1ccc(NC(=O)C2CCCc3ccccc32)cc1. The third-order valence-corrected chi connectivity index (χ3v) is 4.35. The Balaban J connectivity index is 1.71. The highest BCUT2D eigenvalue weighted by Crippen LogP contribution is 2.32. The summed E-state index contributed by atoms with van der Waals surface area (Å²) in [6.45, 7) is 2.12. The molecule has 1 aliphatic carbocycles. The molecule has 0 heterocycles. The largest absolute Gasteiger partial charge is 0.462 e. The summed E-state index contributed by atoms with van der Waals surface area (Å²) < 4.78 is 4.96. The lowest BCUT2D eigenvalue weighted by Gasteiger charge is -2.24. The van der Waals surface area contributed by atoms with Gasteiger partial charge < -0.3 is 10.1 Å². The van der Waals surface area contributed by atoms with E-state index in [1.807, 2.05) is 18.2 Å². The van der Waals surface area contributed by atoms with Crippen molar-refractivity contribution in [2.75, 3.05) is 11.9 Å². The van der Waals surface area contributed by atoms with Crippen molar-refractivity contribution in [2.24, 2.45) is 0 Å². The molecule has 0 saturated carbocycles. The van der Waals surface area contributed by atoms with E-state index in [-0.39, 0.29) is 17.8 Å². The molecule has 0 aromatic heterocycles. The maximum Gasteiger partial charge on any atom is 0.338 e. The standard InChI is InChI=1S/C20H21NO3/c1-2-24-20(23)15-10-12-16(13-11-15)21-19(22)18-9-5-7-14-6-3-4-8-17(14)18/h3-4,6,8,10-13,18H,2,5,7,9H2,1H3,(H,21,22). The van der Waals surface area contributed by atoms with Gasteiger partial charge in [0.2, 0.25) is 5.91 Å². The summed E-state index contributed by atoms with van der Waals surface area (Å²) in [5, 5.41) is 2.96. The molecule has 1 aliphatic rings. The van der Waals surface area contributed by atoms with Crippen LogP contribution in [-0.2, 0) is 16.0 Å². The zero-order chi connectivity index (χ0) is 16.9. The molecule has 0 saturated heterocycles. The molecular formula is C20H21NO3. The van der Waals surface area contributed by atoms with Crippen LogP contribution in [0.3, 0.4) is 0 Å². The van der Waals surface area contributed by atoms with E-state index in [2.05, 4.69) is 11.4 Å².